The molecule has 2 aromatic carbocycles. The van der Waals surface area contributed by atoms with Crippen molar-refractivity contribution in [3.63, 3.8) is 0 Å². The van der Waals surface area contributed by atoms with Crippen LogP contribution in [0.15, 0.2) is 65.1 Å². The van der Waals surface area contributed by atoms with E-state index in [4.69, 9.17) is 16.6 Å². The number of thioether (sulfide) groups is 1. The van der Waals surface area contributed by atoms with Crippen molar-refractivity contribution in [1.82, 2.24) is 19.7 Å². The molecule has 1 fully saturated rings. The van der Waals surface area contributed by atoms with Crippen molar-refractivity contribution in [2.24, 2.45) is 0 Å². The average Bonchev–Trinajstić information content (AvgIpc) is 3.38. The van der Waals surface area contributed by atoms with Crippen LogP contribution in [-0.4, -0.2) is 25.7 Å². The van der Waals surface area contributed by atoms with Gasteiger partial charge in [-0.3, -0.25) is 14.3 Å². The van der Waals surface area contributed by atoms with Gasteiger partial charge in [0, 0.05) is 34.7 Å². The molecule has 2 aromatic heterocycles. The summed E-state index contributed by atoms with van der Waals surface area (Å²) in [7, 11) is 0. The van der Waals surface area contributed by atoms with Crippen molar-refractivity contribution in [3.8, 4) is 5.69 Å². The van der Waals surface area contributed by atoms with E-state index < -0.39 is 0 Å². The van der Waals surface area contributed by atoms with Crippen molar-refractivity contribution in [1.29, 1.82) is 0 Å². The van der Waals surface area contributed by atoms with Crippen LogP contribution in [0.3, 0.4) is 0 Å². The minimum atomic E-state index is -0.112. The Hall–Kier alpha value is -2.68. The molecule has 9 heteroatoms. The molecule has 2 heterocycles. The fourth-order valence-electron chi connectivity index (χ4n) is 3.45. The molecule has 1 aliphatic carbocycles. The van der Waals surface area contributed by atoms with Gasteiger partial charge in [0.15, 0.2) is 10.3 Å². The highest BCUT2D eigenvalue weighted by Crippen LogP contribution is 2.41. The summed E-state index contributed by atoms with van der Waals surface area (Å²) in [5.74, 6) is 2.04. The Morgan fingerprint density at radius 2 is 2.00 bits per heavy atom. The number of thiazole rings is 1. The number of halogens is 1. The number of amides is 1. The van der Waals surface area contributed by atoms with E-state index in [0.717, 1.165) is 35.2 Å². The molecule has 162 valence electrons. The SMILES string of the molecule is CC(=O)N(c1cccc(Cl)c1)c1nc(CSc2nnc(C3CC3)n2-c2ccccc2)cs1. The molecule has 0 spiro atoms. The number of hydrogen-bond donors (Lipinski definition) is 0. The summed E-state index contributed by atoms with van der Waals surface area (Å²) in [5.41, 5.74) is 2.67. The predicted octanol–water partition coefficient (Wildman–Crippen LogP) is 6.23. The number of carbonyl (C=O) groups excluding carboxylic acids is 1. The molecule has 1 aliphatic rings. The van der Waals surface area contributed by atoms with E-state index in [1.807, 2.05) is 35.7 Å². The maximum Gasteiger partial charge on any atom is 0.230 e. The molecular formula is C23H20ClN5OS2. The second-order valence-electron chi connectivity index (χ2n) is 7.53. The maximum absolute atomic E-state index is 12.3. The Morgan fingerprint density at radius 3 is 2.72 bits per heavy atom. The van der Waals surface area contributed by atoms with Gasteiger partial charge in [0.05, 0.1) is 11.4 Å². The van der Waals surface area contributed by atoms with Crippen LogP contribution in [0.25, 0.3) is 5.69 Å². The molecule has 1 saturated carbocycles. The lowest BCUT2D eigenvalue weighted by Gasteiger charge is -2.18. The van der Waals surface area contributed by atoms with Crippen molar-refractivity contribution in [2.45, 2.75) is 36.6 Å². The smallest absolute Gasteiger partial charge is 0.230 e. The predicted molar refractivity (Wildman–Crippen MR) is 129 cm³/mol. The summed E-state index contributed by atoms with van der Waals surface area (Å²) >= 11 is 9.16. The highest BCUT2D eigenvalue weighted by Gasteiger charge is 2.31. The summed E-state index contributed by atoms with van der Waals surface area (Å²) in [5, 5.41) is 13.0. The van der Waals surface area contributed by atoms with E-state index >= 15 is 0 Å². The maximum atomic E-state index is 12.3. The Balaban J connectivity index is 1.37. The van der Waals surface area contributed by atoms with E-state index in [0.29, 0.717) is 27.5 Å². The topological polar surface area (TPSA) is 63.9 Å². The van der Waals surface area contributed by atoms with Crippen LogP contribution in [0, 0.1) is 0 Å². The molecule has 0 atom stereocenters. The molecule has 4 aromatic rings. The largest absolute Gasteiger partial charge is 0.274 e. The van der Waals surface area contributed by atoms with E-state index in [1.54, 1.807) is 28.8 Å². The summed E-state index contributed by atoms with van der Waals surface area (Å²) in [6.07, 6.45) is 2.32. The molecule has 32 heavy (non-hydrogen) atoms. The standard InChI is InChI=1S/C23H20ClN5OS2/c1-15(30)28(20-9-5-6-17(24)12-20)22-25-18(13-31-22)14-32-23-27-26-21(16-10-11-16)29(23)19-7-3-2-4-8-19/h2-9,12-13,16H,10-11,14H2,1H3. The number of nitrogens with zero attached hydrogens (tertiary/aromatic N) is 5. The lowest BCUT2D eigenvalue weighted by atomic mass is 10.3. The first-order chi connectivity index (χ1) is 15.6. The van der Waals surface area contributed by atoms with Gasteiger partial charge < -0.3 is 0 Å². The molecule has 5 rings (SSSR count). The lowest BCUT2D eigenvalue weighted by molar-refractivity contribution is -0.115. The number of para-hydroxylation sites is 1. The monoisotopic (exact) mass is 481 g/mol. The zero-order valence-corrected chi connectivity index (χ0v) is 19.7. The molecule has 0 radical (unpaired) electrons. The van der Waals surface area contributed by atoms with Crippen LogP contribution in [-0.2, 0) is 10.5 Å². The summed E-state index contributed by atoms with van der Waals surface area (Å²) in [6.45, 7) is 1.53. The van der Waals surface area contributed by atoms with Crippen LogP contribution >= 0.6 is 34.7 Å². The normalized spacial score (nSPS) is 13.3. The molecule has 6 nitrogen and oxygen atoms in total. The van der Waals surface area contributed by atoms with E-state index in [1.165, 1.54) is 18.3 Å². The van der Waals surface area contributed by atoms with E-state index in [-0.39, 0.29) is 5.91 Å². The van der Waals surface area contributed by atoms with Crippen LogP contribution < -0.4 is 4.90 Å². The third kappa shape index (κ3) is 4.44. The molecular weight excluding hydrogens is 462 g/mol. The van der Waals surface area contributed by atoms with Crippen molar-refractivity contribution >= 4 is 51.4 Å². The van der Waals surface area contributed by atoms with E-state index in [2.05, 4.69) is 26.9 Å². The van der Waals surface area contributed by atoms with E-state index in [9.17, 15) is 4.79 Å². The minimum Gasteiger partial charge on any atom is -0.274 e. The van der Waals surface area contributed by atoms with Gasteiger partial charge in [-0.05, 0) is 43.2 Å². The number of hydrogen-bond acceptors (Lipinski definition) is 6. The van der Waals surface area contributed by atoms with Gasteiger partial charge >= 0.3 is 0 Å². The summed E-state index contributed by atoms with van der Waals surface area (Å²) in [6, 6.07) is 17.4. The Morgan fingerprint density at radius 1 is 1.19 bits per heavy atom. The minimum absolute atomic E-state index is 0.112. The van der Waals surface area contributed by atoms with Gasteiger partial charge in [0.1, 0.15) is 5.82 Å². The second-order valence-corrected chi connectivity index (χ2v) is 9.75. The Bertz CT molecular complexity index is 1250. The van der Waals surface area contributed by atoms with Gasteiger partial charge in [0.2, 0.25) is 5.91 Å². The summed E-state index contributed by atoms with van der Waals surface area (Å²) < 4.78 is 2.16. The van der Waals surface area contributed by atoms with Gasteiger partial charge in [-0.2, -0.15) is 0 Å². The van der Waals surface area contributed by atoms with Gasteiger partial charge in [0.25, 0.3) is 0 Å². The summed E-state index contributed by atoms with van der Waals surface area (Å²) in [4.78, 5) is 18.6. The van der Waals surface area contributed by atoms with Crippen molar-refractivity contribution in [3.05, 3.63) is 76.5 Å². The first-order valence-electron chi connectivity index (χ1n) is 10.2. The molecule has 0 N–H and O–H groups in total. The van der Waals surface area contributed by atoms with Crippen molar-refractivity contribution in [2.75, 3.05) is 4.90 Å². The number of anilines is 2. The highest BCUT2D eigenvalue weighted by atomic mass is 35.5. The average molecular weight is 482 g/mol. The zero-order valence-electron chi connectivity index (χ0n) is 17.3. The Kier molecular flexibility index (Phi) is 5.99. The third-order valence-electron chi connectivity index (χ3n) is 5.08. The van der Waals surface area contributed by atoms with Gasteiger partial charge in [-0.1, -0.05) is 47.6 Å². The van der Waals surface area contributed by atoms with Gasteiger partial charge in [-0.15, -0.1) is 21.5 Å². The zero-order chi connectivity index (χ0) is 22.1. The molecule has 0 bridgehead atoms. The van der Waals surface area contributed by atoms with Crippen LogP contribution in [0.5, 0.6) is 0 Å². The molecule has 0 unspecified atom stereocenters. The van der Waals surface area contributed by atoms with Crippen LogP contribution in [0.2, 0.25) is 5.02 Å². The number of benzene rings is 2. The van der Waals surface area contributed by atoms with Crippen LogP contribution in [0.1, 0.15) is 37.2 Å². The first-order valence-corrected chi connectivity index (χ1v) is 12.5. The Labute approximate surface area is 199 Å². The van der Waals surface area contributed by atoms with Gasteiger partial charge in [-0.25, -0.2) is 4.98 Å². The van der Waals surface area contributed by atoms with Crippen LogP contribution in [0.4, 0.5) is 10.8 Å². The third-order valence-corrected chi connectivity index (χ3v) is 7.15. The number of rotatable bonds is 7. The van der Waals surface area contributed by atoms with Crippen molar-refractivity contribution < 1.29 is 4.79 Å². The first kappa shape index (κ1) is 21.2. The lowest BCUT2D eigenvalue weighted by Crippen LogP contribution is -2.22. The highest BCUT2D eigenvalue weighted by molar-refractivity contribution is 7.98. The fraction of sp³-hybridized carbons (Fsp3) is 0.217. The number of carbonyl (C=O) groups is 1. The molecule has 1 amide bonds. The second kappa shape index (κ2) is 9.05. The quantitative estimate of drug-likeness (QED) is 0.293. The molecule has 0 saturated heterocycles. The number of aromatic nitrogens is 4. The molecule has 0 aliphatic heterocycles. The fourth-order valence-corrected chi connectivity index (χ4v) is 5.47.